The molecule has 1 aliphatic rings. The van der Waals surface area contributed by atoms with Gasteiger partial charge in [-0.2, -0.15) is 4.39 Å². The highest BCUT2D eigenvalue weighted by molar-refractivity contribution is 9.11. The van der Waals surface area contributed by atoms with Gasteiger partial charge in [0.2, 0.25) is 0 Å². The van der Waals surface area contributed by atoms with Crippen molar-refractivity contribution in [3.05, 3.63) is 98.8 Å². The molecule has 7 heteroatoms. The number of benzene rings is 2. The van der Waals surface area contributed by atoms with Gasteiger partial charge in [-0.25, -0.2) is 13.8 Å². The van der Waals surface area contributed by atoms with E-state index in [1.807, 2.05) is 37.3 Å². The second kappa shape index (κ2) is 11.3. The van der Waals surface area contributed by atoms with Gasteiger partial charge in [0.05, 0.1) is 4.61 Å². The number of rotatable bonds is 8. The van der Waals surface area contributed by atoms with Crippen LogP contribution in [0.3, 0.4) is 0 Å². The average molecular weight is 516 g/mol. The number of aliphatic imine (C=N–C) groups is 2. The summed E-state index contributed by atoms with van der Waals surface area (Å²) in [5.74, 6) is -1.66. The summed E-state index contributed by atoms with van der Waals surface area (Å²) in [6.45, 7) is 3.28. The highest BCUT2D eigenvalue weighted by Gasteiger charge is 2.33. The smallest absolute Gasteiger partial charge is 0.185 e. The molecule has 0 saturated carbocycles. The maximum absolute atomic E-state index is 14.0. The topological polar surface area (TPSA) is 50.7 Å². The van der Waals surface area contributed by atoms with Crippen molar-refractivity contribution in [3.8, 4) is 0 Å². The standard InChI is InChI=1S/C26H25BrF3N3/c1-3-4-5-18(14-32-16(2)28)15-33-25-22-12-17(7-11-21(22)24(25)26(27)31)6-8-19-9-10-20(29)13-23(19)30/h4-5,7,9-15,25H,3,6,8,31H2,1-2H3/b5-4-,18-14+,26-24-,32-16?,33-15?. The Morgan fingerprint density at radius 2 is 1.94 bits per heavy atom. The number of hydrogen-bond acceptors (Lipinski definition) is 3. The zero-order valence-electron chi connectivity index (χ0n) is 18.5. The fourth-order valence-corrected chi connectivity index (χ4v) is 4.01. The number of hydrogen-bond donors (Lipinski definition) is 1. The van der Waals surface area contributed by atoms with Crippen LogP contribution in [-0.2, 0) is 12.8 Å². The summed E-state index contributed by atoms with van der Waals surface area (Å²) in [6.07, 6.45) is 8.75. The summed E-state index contributed by atoms with van der Waals surface area (Å²) in [4.78, 5) is 8.41. The molecule has 0 bridgehead atoms. The quantitative estimate of drug-likeness (QED) is 0.226. The van der Waals surface area contributed by atoms with Crippen molar-refractivity contribution < 1.29 is 13.2 Å². The normalized spacial score (nSPS) is 18.1. The van der Waals surface area contributed by atoms with E-state index >= 15 is 0 Å². The number of aryl methyl sites for hydroxylation is 2. The van der Waals surface area contributed by atoms with E-state index in [4.69, 9.17) is 5.73 Å². The Bertz CT molecular complexity index is 1170. The number of nitrogens with two attached hydrogens (primary N) is 1. The molecule has 2 aromatic rings. The van der Waals surface area contributed by atoms with Crippen LogP contribution in [0.15, 0.2) is 74.9 Å². The number of halogens is 4. The lowest BCUT2D eigenvalue weighted by atomic mass is 9.77. The highest BCUT2D eigenvalue weighted by Crippen LogP contribution is 2.49. The summed E-state index contributed by atoms with van der Waals surface area (Å²) in [5.41, 5.74) is 11.1. The van der Waals surface area contributed by atoms with Crippen molar-refractivity contribution >= 4 is 33.7 Å². The molecule has 1 unspecified atom stereocenters. The van der Waals surface area contributed by atoms with E-state index in [-0.39, 0.29) is 6.04 Å². The summed E-state index contributed by atoms with van der Waals surface area (Å²) in [6, 6.07) is 9.35. The Labute approximate surface area is 200 Å². The lowest BCUT2D eigenvalue weighted by molar-refractivity contribution is 0.571. The largest absolute Gasteiger partial charge is 0.393 e. The van der Waals surface area contributed by atoms with E-state index in [0.717, 1.165) is 34.8 Å². The Balaban J connectivity index is 1.84. The van der Waals surface area contributed by atoms with Crippen LogP contribution in [0.2, 0.25) is 0 Å². The Morgan fingerprint density at radius 1 is 1.15 bits per heavy atom. The first-order valence-electron chi connectivity index (χ1n) is 10.6. The summed E-state index contributed by atoms with van der Waals surface area (Å²) in [5, 5.41) is 0. The molecule has 0 spiro atoms. The SMILES string of the molecule is CC/C=C\C(C=NC1/C(=C(\N)Br)c2ccc(CCc3ccc(F)cc3F)cc21)=C/N=C(C)F. The molecule has 0 aliphatic heterocycles. The van der Waals surface area contributed by atoms with Crippen molar-refractivity contribution in [2.24, 2.45) is 15.7 Å². The van der Waals surface area contributed by atoms with Crippen molar-refractivity contribution in [3.63, 3.8) is 0 Å². The summed E-state index contributed by atoms with van der Waals surface area (Å²) < 4.78 is 40.7. The highest BCUT2D eigenvalue weighted by atomic mass is 79.9. The lowest BCUT2D eigenvalue weighted by Crippen LogP contribution is -2.18. The number of nitrogens with zero attached hydrogens (tertiary/aromatic N) is 2. The maximum atomic E-state index is 14.0. The first-order chi connectivity index (χ1) is 15.8. The monoisotopic (exact) mass is 515 g/mol. The molecule has 2 aromatic carbocycles. The van der Waals surface area contributed by atoms with Crippen LogP contribution in [0.5, 0.6) is 0 Å². The van der Waals surface area contributed by atoms with Gasteiger partial charge in [0, 0.05) is 36.6 Å². The maximum Gasteiger partial charge on any atom is 0.185 e. The van der Waals surface area contributed by atoms with Crippen LogP contribution in [0.25, 0.3) is 5.57 Å². The molecule has 1 aliphatic carbocycles. The van der Waals surface area contributed by atoms with Crippen LogP contribution in [0.4, 0.5) is 13.2 Å². The fraction of sp³-hybridized carbons (Fsp3) is 0.231. The van der Waals surface area contributed by atoms with Gasteiger partial charge in [0.25, 0.3) is 0 Å². The minimum absolute atomic E-state index is 0.282. The third-order valence-corrected chi connectivity index (χ3v) is 5.67. The van der Waals surface area contributed by atoms with Gasteiger partial charge in [-0.3, -0.25) is 4.99 Å². The minimum Gasteiger partial charge on any atom is -0.393 e. The number of fused-ring (bicyclic) bond motifs is 1. The van der Waals surface area contributed by atoms with E-state index in [0.29, 0.717) is 28.6 Å². The van der Waals surface area contributed by atoms with Crippen molar-refractivity contribution in [1.82, 2.24) is 0 Å². The molecule has 172 valence electrons. The Kier molecular flexibility index (Phi) is 8.44. The second-order valence-electron chi connectivity index (χ2n) is 7.67. The van der Waals surface area contributed by atoms with E-state index in [2.05, 4.69) is 25.9 Å². The molecule has 33 heavy (non-hydrogen) atoms. The van der Waals surface area contributed by atoms with Gasteiger partial charge < -0.3 is 5.73 Å². The Morgan fingerprint density at radius 3 is 2.61 bits per heavy atom. The zero-order chi connectivity index (χ0) is 24.0. The molecule has 3 nitrogen and oxygen atoms in total. The van der Waals surface area contributed by atoms with Crippen LogP contribution in [0, 0.1) is 11.6 Å². The third kappa shape index (κ3) is 6.32. The molecular formula is C26H25BrF3N3. The molecule has 0 radical (unpaired) electrons. The molecular weight excluding hydrogens is 491 g/mol. The molecule has 2 N–H and O–H groups in total. The molecule has 0 fully saturated rings. The average Bonchev–Trinajstić information content (AvgIpc) is 2.75. The second-order valence-corrected chi connectivity index (χ2v) is 8.52. The van der Waals surface area contributed by atoms with Crippen molar-refractivity contribution in [2.75, 3.05) is 0 Å². The van der Waals surface area contributed by atoms with E-state index in [1.54, 1.807) is 6.21 Å². The molecule has 0 amide bonds. The lowest BCUT2D eigenvalue weighted by Gasteiger charge is -2.32. The van der Waals surface area contributed by atoms with E-state index < -0.39 is 17.6 Å². The zero-order valence-corrected chi connectivity index (χ0v) is 20.0. The van der Waals surface area contributed by atoms with Gasteiger partial charge in [-0.05, 0) is 63.5 Å². The van der Waals surface area contributed by atoms with Gasteiger partial charge in [-0.15, -0.1) is 0 Å². The van der Waals surface area contributed by atoms with Crippen LogP contribution < -0.4 is 5.73 Å². The van der Waals surface area contributed by atoms with Gasteiger partial charge in [-0.1, -0.05) is 43.3 Å². The summed E-state index contributed by atoms with van der Waals surface area (Å²) >= 11 is 3.37. The molecule has 0 saturated heterocycles. The third-order valence-electron chi connectivity index (χ3n) is 5.24. The van der Waals surface area contributed by atoms with Crippen LogP contribution in [-0.4, -0.2) is 12.2 Å². The van der Waals surface area contributed by atoms with Gasteiger partial charge in [0.1, 0.15) is 17.7 Å². The molecule has 0 aromatic heterocycles. The minimum atomic E-state index is -0.584. The van der Waals surface area contributed by atoms with Crippen LogP contribution in [0.1, 0.15) is 48.6 Å². The predicted octanol–water partition coefficient (Wildman–Crippen LogP) is 7.14. The van der Waals surface area contributed by atoms with E-state index in [1.165, 1.54) is 25.3 Å². The summed E-state index contributed by atoms with van der Waals surface area (Å²) in [7, 11) is 0. The van der Waals surface area contributed by atoms with Gasteiger partial charge >= 0.3 is 0 Å². The predicted molar refractivity (Wildman–Crippen MR) is 133 cm³/mol. The van der Waals surface area contributed by atoms with Crippen LogP contribution >= 0.6 is 15.9 Å². The first kappa shape index (κ1) is 24.7. The first-order valence-corrected chi connectivity index (χ1v) is 11.4. The molecule has 0 heterocycles. The molecule has 1 atom stereocenters. The van der Waals surface area contributed by atoms with E-state index in [9.17, 15) is 13.2 Å². The van der Waals surface area contributed by atoms with Gasteiger partial charge in [0.15, 0.2) is 5.97 Å². The van der Waals surface area contributed by atoms with Crippen molar-refractivity contribution in [1.29, 1.82) is 0 Å². The number of allylic oxidation sites excluding steroid dienone is 3. The Hall–Kier alpha value is -2.93. The molecule has 3 rings (SSSR count). The van der Waals surface area contributed by atoms with Crippen molar-refractivity contribution in [2.45, 2.75) is 39.2 Å². The fourth-order valence-electron chi connectivity index (χ4n) is 3.58.